The summed E-state index contributed by atoms with van der Waals surface area (Å²) >= 11 is 1.62. The summed E-state index contributed by atoms with van der Waals surface area (Å²) in [6.45, 7) is 5.83. The molecule has 164 valence electrons. The molecule has 1 N–H and O–H groups in total. The van der Waals surface area contributed by atoms with Crippen LogP contribution in [-0.4, -0.2) is 57.6 Å². The lowest BCUT2D eigenvalue weighted by Crippen LogP contribution is -2.46. The number of carbonyl (C=O) groups is 1. The third kappa shape index (κ3) is 5.26. The van der Waals surface area contributed by atoms with Crippen molar-refractivity contribution in [3.63, 3.8) is 0 Å². The van der Waals surface area contributed by atoms with E-state index in [0.717, 1.165) is 54.1 Å². The minimum Gasteiger partial charge on any atom is -0.369 e. The Morgan fingerprint density at radius 1 is 1.06 bits per heavy atom. The number of rotatable bonds is 8. The first kappa shape index (κ1) is 21.8. The van der Waals surface area contributed by atoms with Crippen LogP contribution in [0.2, 0.25) is 0 Å². The average Bonchev–Trinajstić information content (AvgIpc) is 3.22. The topological polar surface area (TPSA) is 69.7 Å². The second kappa shape index (κ2) is 9.38. The van der Waals surface area contributed by atoms with Gasteiger partial charge in [0.05, 0.1) is 11.4 Å². The van der Waals surface area contributed by atoms with Crippen molar-refractivity contribution in [1.29, 1.82) is 0 Å². The van der Waals surface area contributed by atoms with Gasteiger partial charge >= 0.3 is 0 Å². The highest BCUT2D eigenvalue weighted by Gasteiger charge is 2.19. The number of hydrogen-bond donors (Lipinski definition) is 1. The summed E-state index contributed by atoms with van der Waals surface area (Å²) in [5, 5.41) is 3.03. The Bertz CT molecular complexity index is 1170. The van der Waals surface area contributed by atoms with E-state index in [4.69, 9.17) is 0 Å². The molecule has 8 heteroatoms. The van der Waals surface area contributed by atoms with Gasteiger partial charge in [-0.3, -0.25) is 14.4 Å². The molecular formula is C23H27N3O3S2. The van der Waals surface area contributed by atoms with Crippen molar-refractivity contribution in [2.45, 2.75) is 13.3 Å². The number of nitrogens with one attached hydrogen (secondary N) is 1. The molecule has 3 aromatic rings. The number of fused-ring (bicyclic) bond motifs is 1. The molecule has 0 bridgehead atoms. The zero-order valence-electron chi connectivity index (χ0n) is 17.6. The van der Waals surface area contributed by atoms with Gasteiger partial charge in [0, 0.05) is 65.9 Å². The molecule has 1 aliphatic rings. The molecule has 1 saturated heterocycles. The fourth-order valence-electron chi connectivity index (χ4n) is 3.84. The van der Waals surface area contributed by atoms with Crippen LogP contribution in [0.25, 0.3) is 10.1 Å². The number of nitrogens with zero attached hydrogens (tertiary/aromatic N) is 2. The number of carbonyl (C=O) groups excluding carboxylic acids is 1. The predicted molar refractivity (Wildman–Crippen MR) is 129 cm³/mol. The third-order valence-corrected chi connectivity index (χ3v) is 7.94. The Balaban J connectivity index is 1.30. The quantitative estimate of drug-likeness (QED) is 0.517. The number of hydrogen-bond acceptors (Lipinski definition) is 6. The zero-order valence-corrected chi connectivity index (χ0v) is 19.2. The maximum atomic E-state index is 12.7. The van der Waals surface area contributed by atoms with E-state index < -0.39 is 10.0 Å². The van der Waals surface area contributed by atoms with Gasteiger partial charge in [-0.15, -0.1) is 11.3 Å². The van der Waals surface area contributed by atoms with Crippen molar-refractivity contribution >= 4 is 48.6 Å². The van der Waals surface area contributed by atoms with Gasteiger partial charge in [0.1, 0.15) is 0 Å². The molecule has 0 spiro atoms. The van der Waals surface area contributed by atoms with Crippen molar-refractivity contribution in [1.82, 2.24) is 4.90 Å². The van der Waals surface area contributed by atoms with E-state index in [-0.39, 0.29) is 11.5 Å². The van der Waals surface area contributed by atoms with Gasteiger partial charge in [-0.1, -0.05) is 24.3 Å². The molecule has 1 fully saturated rings. The predicted octanol–water partition coefficient (Wildman–Crippen LogP) is 4.06. The van der Waals surface area contributed by atoms with Gasteiger partial charge in [0.25, 0.3) is 0 Å². The van der Waals surface area contributed by atoms with Crippen molar-refractivity contribution in [2.24, 2.45) is 0 Å². The lowest BCUT2D eigenvalue weighted by molar-refractivity contribution is 0.0964. The Hall–Kier alpha value is -2.42. The molecule has 0 amide bonds. The highest BCUT2D eigenvalue weighted by atomic mass is 32.2. The maximum Gasteiger partial charge on any atom is 0.232 e. The monoisotopic (exact) mass is 457 g/mol. The van der Waals surface area contributed by atoms with Crippen LogP contribution in [0.15, 0.2) is 53.9 Å². The van der Waals surface area contributed by atoms with Crippen LogP contribution in [0.1, 0.15) is 23.7 Å². The summed E-state index contributed by atoms with van der Waals surface area (Å²) < 4.78 is 27.4. The SMILES string of the molecule is CCS(=O)(=O)Nc1cccc(N2CCN(CCC(=O)c3csc4ccccc34)CC2)c1. The Morgan fingerprint density at radius 2 is 1.84 bits per heavy atom. The highest BCUT2D eigenvalue weighted by Crippen LogP contribution is 2.27. The minimum atomic E-state index is -3.28. The molecule has 0 atom stereocenters. The second-order valence-electron chi connectivity index (χ2n) is 7.70. The van der Waals surface area contributed by atoms with Crippen LogP contribution in [0.5, 0.6) is 0 Å². The Morgan fingerprint density at radius 3 is 2.61 bits per heavy atom. The van der Waals surface area contributed by atoms with Crippen molar-refractivity contribution in [3.8, 4) is 0 Å². The van der Waals surface area contributed by atoms with E-state index >= 15 is 0 Å². The summed E-state index contributed by atoms with van der Waals surface area (Å²) in [6.07, 6.45) is 0.523. The van der Waals surface area contributed by atoms with E-state index in [1.165, 1.54) is 0 Å². The van der Waals surface area contributed by atoms with Crippen LogP contribution >= 0.6 is 11.3 Å². The van der Waals surface area contributed by atoms with E-state index in [2.05, 4.69) is 20.6 Å². The first-order valence-electron chi connectivity index (χ1n) is 10.5. The molecule has 6 nitrogen and oxygen atoms in total. The fraction of sp³-hybridized carbons (Fsp3) is 0.348. The molecular weight excluding hydrogens is 430 g/mol. The molecule has 0 aliphatic carbocycles. The first-order valence-corrected chi connectivity index (χ1v) is 13.1. The molecule has 4 rings (SSSR count). The van der Waals surface area contributed by atoms with Gasteiger partial charge in [0.15, 0.2) is 5.78 Å². The average molecular weight is 458 g/mol. The molecule has 1 aliphatic heterocycles. The van der Waals surface area contributed by atoms with Crippen molar-refractivity contribution in [2.75, 3.05) is 48.1 Å². The van der Waals surface area contributed by atoms with E-state index in [9.17, 15) is 13.2 Å². The number of anilines is 2. The minimum absolute atomic E-state index is 0.0514. The molecule has 31 heavy (non-hydrogen) atoms. The molecule has 2 aromatic carbocycles. The summed E-state index contributed by atoms with van der Waals surface area (Å²) in [7, 11) is -3.28. The van der Waals surface area contributed by atoms with Crippen LogP contribution in [-0.2, 0) is 10.0 Å². The second-order valence-corrected chi connectivity index (χ2v) is 10.6. The highest BCUT2D eigenvalue weighted by molar-refractivity contribution is 7.92. The van der Waals surface area contributed by atoms with E-state index in [1.54, 1.807) is 24.3 Å². The number of piperazine rings is 1. The van der Waals surface area contributed by atoms with Crippen LogP contribution in [0.4, 0.5) is 11.4 Å². The largest absolute Gasteiger partial charge is 0.369 e. The summed E-state index contributed by atoms with van der Waals surface area (Å²) in [6, 6.07) is 15.6. The molecule has 0 radical (unpaired) electrons. The fourth-order valence-corrected chi connectivity index (χ4v) is 5.43. The normalized spacial score (nSPS) is 15.3. The van der Waals surface area contributed by atoms with E-state index in [0.29, 0.717) is 12.1 Å². The molecule has 0 unspecified atom stereocenters. The van der Waals surface area contributed by atoms with Crippen LogP contribution in [0.3, 0.4) is 0 Å². The number of thiophene rings is 1. The summed E-state index contributed by atoms with van der Waals surface area (Å²) in [5.41, 5.74) is 2.44. The van der Waals surface area contributed by atoms with Gasteiger partial charge in [-0.05, 0) is 31.2 Å². The third-order valence-electron chi connectivity index (χ3n) is 5.67. The number of benzene rings is 2. The number of sulfonamides is 1. The van der Waals surface area contributed by atoms with Crippen molar-refractivity contribution < 1.29 is 13.2 Å². The number of Topliss-reactive ketones (excluding diaryl/α,β-unsaturated/α-hetero) is 1. The zero-order chi connectivity index (χ0) is 21.8. The summed E-state index contributed by atoms with van der Waals surface area (Å²) in [5.74, 6) is 0.256. The standard InChI is InChI=1S/C23H27N3O3S2/c1-2-31(28,29)24-18-6-5-7-19(16-18)26-14-12-25(13-15-26)11-10-22(27)21-17-30-23-9-4-3-8-20(21)23/h3-9,16-17,24H,2,10-15H2,1H3. The van der Waals surface area contributed by atoms with Crippen LogP contribution < -0.4 is 9.62 Å². The summed E-state index contributed by atoms with van der Waals surface area (Å²) in [4.78, 5) is 17.3. The first-order chi connectivity index (χ1) is 14.9. The van der Waals surface area contributed by atoms with E-state index in [1.807, 2.05) is 41.8 Å². The lowest BCUT2D eigenvalue weighted by atomic mass is 10.1. The molecule has 0 saturated carbocycles. The van der Waals surface area contributed by atoms with Crippen LogP contribution in [0, 0.1) is 0 Å². The van der Waals surface area contributed by atoms with Crippen molar-refractivity contribution in [3.05, 3.63) is 59.5 Å². The maximum absolute atomic E-state index is 12.7. The van der Waals surface area contributed by atoms with Gasteiger partial charge in [0.2, 0.25) is 10.0 Å². The smallest absolute Gasteiger partial charge is 0.232 e. The molecule has 2 heterocycles. The Labute approximate surface area is 187 Å². The van der Waals surface area contributed by atoms with Gasteiger partial charge in [-0.25, -0.2) is 8.42 Å². The lowest BCUT2D eigenvalue weighted by Gasteiger charge is -2.36. The Kier molecular flexibility index (Phi) is 6.60. The molecule has 1 aromatic heterocycles. The number of ketones is 1. The van der Waals surface area contributed by atoms with Gasteiger partial charge < -0.3 is 4.90 Å². The van der Waals surface area contributed by atoms with Gasteiger partial charge in [-0.2, -0.15) is 0 Å².